The molecule has 3 nitrogen and oxygen atoms in total. The monoisotopic (exact) mass is 349 g/mol. The molecule has 19 heavy (non-hydrogen) atoms. The normalized spacial score (nSPS) is 25.5. The third-order valence-corrected chi connectivity index (χ3v) is 6.22. The van der Waals surface area contributed by atoms with Gasteiger partial charge in [-0.25, -0.2) is 12.8 Å². The summed E-state index contributed by atoms with van der Waals surface area (Å²) in [4.78, 5) is -0.240. The van der Waals surface area contributed by atoms with Crippen molar-refractivity contribution in [3.8, 4) is 0 Å². The fraction of sp³-hybridized carbons (Fsp3) is 0.538. The van der Waals surface area contributed by atoms with E-state index in [1.807, 2.05) is 13.8 Å². The lowest BCUT2D eigenvalue weighted by Gasteiger charge is -2.37. The molecule has 0 aromatic heterocycles. The molecule has 1 saturated heterocycles. The molecule has 2 unspecified atom stereocenters. The molecule has 1 aliphatic heterocycles. The third-order valence-electron chi connectivity index (χ3n) is 3.56. The number of sulfonamides is 1. The summed E-state index contributed by atoms with van der Waals surface area (Å²) in [5, 5.41) is 0. The predicted octanol–water partition coefficient (Wildman–Crippen LogP) is 3.54. The van der Waals surface area contributed by atoms with Crippen LogP contribution in [0.4, 0.5) is 4.39 Å². The SMILES string of the molecule is CC1CCCC(C)N1S(=O)(=O)c1ccc(Br)cc1F. The van der Waals surface area contributed by atoms with Crippen LogP contribution in [0.5, 0.6) is 0 Å². The summed E-state index contributed by atoms with van der Waals surface area (Å²) in [7, 11) is -3.77. The number of halogens is 2. The molecule has 0 spiro atoms. The predicted molar refractivity (Wildman–Crippen MR) is 75.9 cm³/mol. The van der Waals surface area contributed by atoms with Crippen LogP contribution < -0.4 is 0 Å². The van der Waals surface area contributed by atoms with E-state index in [1.54, 1.807) is 6.07 Å². The van der Waals surface area contributed by atoms with Gasteiger partial charge in [0.25, 0.3) is 0 Å². The lowest BCUT2D eigenvalue weighted by Crippen LogP contribution is -2.47. The molecule has 0 amide bonds. The molecule has 0 saturated carbocycles. The topological polar surface area (TPSA) is 37.4 Å². The second-order valence-corrected chi connectivity index (χ2v) is 7.77. The van der Waals surface area contributed by atoms with E-state index in [0.717, 1.165) is 19.3 Å². The summed E-state index contributed by atoms with van der Waals surface area (Å²) in [6.07, 6.45) is 2.65. The molecule has 1 aromatic rings. The van der Waals surface area contributed by atoms with E-state index in [-0.39, 0.29) is 17.0 Å². The van der Waals surface area contributed by atoms with Gasteiger partial charge in [-0.3, -0.25) is 0 Å². The highest BCUT2D eigenvalue weighted by Gasteiger charge is 2.36. The van der Waals surface area contributed by atoms with Crippen molar-refractivity contribution in [2.45, 2.75) is 50.1 Å². The Morgan fingerprint density at radius 1 is 1.26 bits per heavy atom. The average Bonchev–Trinajstić information content (AvgIpc) is 2.27. The van der Waals surface area contributed by atoms with Crippen molar-refractivity contribution >= 4 is 26.0 Å². The molecule has 0 bridgehead atoms. The molecular weight excluding hydrogens is 333 g/mol. The standard InChI is InChI=1S/C13H17BrFNO2S/c1-9-4-3-5-10(2)16(9)19(17,18)13-7-6-11(14)8-12(13)15/h6-10H,3-5H2,1-2H3. The molecule has 1 aliphatic rings. The summed E-state index contributed by atoms with van der Waals surface area (Å²) in [6, 6.07) is 3.89. The van der Waals surface area contributed by atoms with Crippen molar-refractivity contribution in [3.63, 3.8) is 0 Å². The largest absolute Gasteiger partial charge is 0.246 e. The summed E-state index contributed by atoms with van der Waals surface area (Å²) in [6.45, 7) is 3.76. The smallest absolute Gasteiger partial charge is 0.207 e. The van der Waals surface area contributed by atoms with Crippen LogP contribution in [0.15, 0.2) is 27.6 Å². The Morgan fingerprint density at radius 3 is 2.37 bits per heavy atom. The molecule has 0 aliphatic carbocycles. The van der Waals surface area contributed by atoms with E-state index >= 15 is 0 Å². The zero-order valence-corrected chi connectivity index (χ0v) is 13.3. The molecule has 1 fully saturated rings. The molecule has 0 radical (unpaired) electrons. The third kappa shape index (κ3) is 2.85. The van der Waals surface area contributed by atoms with E-state index in [0.29, 0.717) is 4.47 Å². The van der Waals surface area contributed by atoms with Crippen molar-refractivity contribution in [2.75, 3.05) is 0 Å². The van der Waals surface area contributed by atoms with Crippen molar-refractivity contribution in [1.29, 1.82) is 0 Å². The van der Waals surface area contributed by atoms with Gasteiger partial charge in [-0.1, -0.05) is 22.4 Å². The highest BCUT2D eigenvalue weighted by atomic mass is 79.9. The number of benzene rings is 1. The minimum Gasteiger partial charge on any atom is -0.207 e. The lowest BCUT2D eigenvalue weighted by molar-refractivity contribution is 0.203. The summed E-state index contributed by atoms with van der Waals surface area (Å²) in [5.41, 5.74) is 0. The van der Waals surface area contributed by atoms with Gasteiger partial charge < -0.3 is 0 Å². The molecule has 0 N–H and O–H groups in total. The van der Waals surface area contributed by atoms with Crippen LogP contribution in [0.3, 0.4) is 0 Å². The van der Waals surface area contributed by atoms with Crippen LogP contribution >= 0.6 is 15.9 Å². The zero-order chi connectivity index (χ0) is 14.2. The van der Waals surface area contributed by atoms with E-state index in [4.69, 9.17) is 0 Å². The Balaban J connectivity index is 2.46. The molecule has 2 rings (SSSR count). The maximum atomic E-state index is 13.9. The molecule has 2 atom stereocenters. The lowest BCUT2D eigenvalue weighted by atomic mass is 10.0. The van der Waals surface area contributed by atoms with Crippen LogP contribution in [0.1, 0.15) is 33.1 Å². The quantitative estimate of drug-likeness (QED) is 0.818. The van der Waals surface area contributed by atoms with E-state index < -0.39 is 15.8 Å². The second-order valence-electron chi connectivity index (χ2n) is 5.04. The number of rotatable bonds is 2. The van der Waals surface area contributed by atoms with Crippen LogP contribution in [0, 0.1) is 5.82 Å². The van der Waals surface area contributed by atoms with Crippen molar-refractivity contribution in [3.05, 3.63) is 28.5 Å². The zero-order valence-electron chi connectivity index (χ0n) is 10.9. The highest BCUT2D eigenvalue weighted by Crippen LogP contribution is 2.31. The van der Waals surface area contributed by atoms with E-state index in [1.165, 1.54) is 16.4 Å². The van der Waals surface area contributed by atoms with Crippen LogP contribution in [0.25, 0.3) is 0 Å². The first-order chi connectivity index (χ1) is 8.84. The van der Waals surface area contributed by atoms with Crippen LogP contribution in [0.2, 0.25) is 0 Å². The minimum absolute atomic E-state index is 0.0863. The Hall–Kier alpha value is -0.460. The van der Waals surface area contributed by atoms with Crippen molar-refractivity contribution in [2.24, 2.45) is 0 Å². The molecule has 1 heterocycles. The van der Waals surface area contributed by atoms with Gasteiger partial charge in [-0.2, -0.15) is 4.31 Å². The van der Waals surface area contributed by atoms with Gasteiger partial charge in [0.1, 0.15) is 10.7 Å². The first-order valence-electron chi connectivity index (χ1n) is 6.32. The number of hydrogen-bond donors (Lipinski definition) is 0. The van der Waals surface area contributed by atoms with Gasteiger partial charge >= 0.3 is 0 Å². The molecule has 106 valence electrons. The van der Waals surface area contributed by atoms with E-state index in [2.05, 4.69) is 15.9 Å². The first-order valence-corrected chi connectivity index (χ1v) is 8.56. The number of nitrogens with zero attached hydrogens (tertiary/aromatic N) is 1. The first kappa shape index (κ1) is 14.9. The maximum absolute atomic E-state index is 13.9. The van der Waals surface area contributed by atoms with Gasteiger partial charge in [0.05, 0.1) is 0 Å². The average molecular weight is 350 g/mol. The summed E-state index contributed by atoms with van der Waals surface area (Å²) >= 11 is 3.13. The van der Waals surface area contributed by atoms with E-state index in [9.17, 15) is 12.8 Å². The number of hydrogen-bond acceptors (Lipinski definition) is 2. The Labute approximate surface area is 122 Å². The molecular formula is C13H17BrFNO2S. The maximum Gasteiger partial charge on any atom is 0.246 e. The highest BCUT2D eigenvalue weighted by molar-refractivity contribution is 9.10. The van der Waals surface area contributed by atoms with Crippen molar-refractivity contribution < 1.29 is 12.8 Å². The second kappa shape index (κ2) is 5.50. The summed E-state index contributed by atoms with van der Waals surface area (Å²) in [5.74, 6) is -0.709. The van der Waals surface area contributed by atoms with Gasteiger partial charge in [0, 0.05) is 16.6 Å². The Morgan fingerprint density at radius 2 is 1.84 bits per heavy atom. The molecule has 6 heteroatoms. The molecule has 1 aromatic carbocycles. The van der Waals surface area contributed by atoms with Gasteiger partial charge in [-0.05, 0) is 44.9 Å². The van der Waals surface area contributed by atoms with Crippen LogP contribution in [-0.4, -0.2) is 24.8 Å². The van der Waals surface area contributed by atoms with Gasteiger partial charge in [0.2, 0.25) is 10.0 Å². The van der Waals surface area contributed by atoms with Gasteiger partial charge in [-0.15, -0.1) is 0 Å². The van der Waals surface area contributed by atoms with Crippen LogP contribution in [-0.2, 0) is 10.0 Å². The Kier molecular flexibility index (Phi) is 4.32. The Bertz CT molecular complexity index is 566. The fourth-order valence-electron chi connectivity index (χ4n) is 2.67. The fourth-order valence-corrected chi connectivity index (χ4v) is 4.93. The van der Waals surface area contributed by atoms with Gasteiger partial charge in [0.15, 0.2) is 0 Å². The minimum atomic E-state index is -3.77. The number of piperidine rings is 1. The van der Waals surface area contributed by atoms with Crippen molar-refractivity contribution in [1.82, 2.24) is 4.31 Å². The summed E-state index contributed by atoms with van der Waals surface area (Å²) < 4.78 is 41.1.